The minimum Gasteiger partial charge on any atom is -0.242 e. The maximum absolute atomic E-state index is 3.44. The first-order chi connectivity index (χ1) is 1.73. The zero-order valence-electron chi connectivity index (χ0n) is 3.41. The van der Waals surface area contributed by atoms with Crippen molar-refractivity contribution in [1.29, 1.82) is 0 Å². The Labute approximate surface area is 52.4 Å². The van der Waals surface area contributed by atoms with Crippen molar-refractivity contribution in [3.63, 3.8) is 0 Å². The van der Waals surface area contributed by atoms with Gasteiger partial charge in [-0.2, -0.15) is 0 Å². The molecule has 0 aliphatic carbocycles. The summed E-state index contributed by atoms with van der Waals surface area (Å²) in [5.41, 5.74) is 0.917. The normalized spacial score (nSPS) is 5.00. The molecular weight excluding hydrogens is 139 g/mol. The molecule has 0 N–H and O–H groups in total. The van der Waals surface area contributed by atoms with Crippen molar-refractivity contribution in [3.8, 4) is 0 Å². The molecule has 0 bridgehead atoms. The number of hydrogen-bond donors (Lipinski definition) is 0. The molecule has 1 heteroatoms. The summed E-state index contributed by atoms with van der Waals surface area (Å²) in [5.74, 6) is 0. The zero-order valence-corrected chi connectivity index (χ0v) is 5.87. The van der Waals surface area contributed by atoms with Gasteiger partial charge in [-0.15, -0.1) is 0 Å². The summed E-state index contributed by atoms with van der Waals surface area (Å²) in [5, 5.41) is 0. The summed E-state index contributed by atoms with van der Waals surface area (Å²) in [7, 11) is 0. The van der Waals surface area contributed by atoms with Crippen LogP contribution in [0.25, 0.3) is 0 Å². The van der Waals surface area contributed by atoms with Crippen LogP contribution < -0.4 is 0 Å². The van der Waals surface area contributed by atoms with Crippen molar-refractivity contribution < 1.29 is 26.2 Å². The molecular formula is C4H7Zr-. The molecule has 0 saturated carbocycles. The van der Waals surface area contributed by atoms with Gasteiger partial charge in [-0.1, -0.05) is 6.92 Å². The molecule has 0 atom stereocenters. The van der Waals surface area contributed by atoms with E-state index >= 15 is 0 Å². The van der Waals surface area contributed by atoms with Crippen LogP contribution in [0.5, 0.6) is 0 Å². The summed E-state index contributed by atoms with van der Waals surface area (Å²) in [4.78, 5) is 0. The second kappa shape index (κ2) is 4.49. The van der Waals surface area contributed by atoms with Gasteiger partial charge in [-0.05, 0) is 0 Å². The van der Waals surface area contributed by atoms with Gasteiger partial charge in [0, 0.05) is 26.2 Å². The van der Waals surface area contributed by atoms with E-state index in [0.717, 1.165) is 5.57 Å². The second-order valence-electron chi connectivity index (χ2n) is 0.957. The number of rotatable bonds is 0. The third-order valence-electron chi connectivity index (χ3n) is 0. The Bertz CT molecular complexity index is 26.6. The fourth-order valence-electron chi connectivity index (χ4n) is 0. The van der Waals surface area contributed by atoms with Gasteiger partial charge in [-0.3, -0.25) is 0 Å². The van der Waals surface area contributed by atoms with Gasteiger partial charge in [-0.25, -0.2) is 19.1 Å². The van der Waals surface area contributed by atoms with Crippen LogP contribution in [0.15, 0.2) is 12.2 Å². The van der Waals surface area contributed by atoms with E-state index in [0.29, 0.717) is 0 Å². The molecule has 0 aromatic rings. The summed E-state index contributed by atoms with van der Waals surface area (Å²) in [6.45, 7) is 8.75. The molecule has 0 spiro atoms. The smallest absolute Gasteiger partial charge is 0 e. The molecule has 0 radical (unpaired) electrons. The number of hydrogen-bond acceptors (Lipinski definition) is 0. The average Bonchev–Trinajstić information content (AvgIpc) is 0.811. The molecule has 0 saturated heterocycles. The predicted octanol–water partition coefficient (Wildman–Crippen LogP) is 1.39. The third-order valence-corrected chi connectivity index (χ3v) is 0. The maximum atomic E-state index is 3.44. The van der Waals surface area contributed by atoms with E-state index in [1.807, 2.05) is 6.92 Å². The predicted molar refractivity (Wildman–Crippen MR) is 20.2 cm³/mol. The van der Waals surface area contributed by atoms with E-state index in [1.54, 1.807) is 0 Å². The van der Waals surface area contributed by atoms with Crippen LogP contribution >= 0.6 is 0 Å². The van der Waals surface area contributed by atoms with E-state index in [-0.39, 0.29) is 26.2 Å². The van der Waals surface area contributed by atoms with Gasteiger partial charge in [0.15, 0.2) is 0 Å². The molecule has 0 rings (SSSR count). The van der Waals surface area contributed by atoms with Crippen LogP contribution in [-0.4, -0.2) is 0 Å². The van der Waals surface area contributed by atoms with E-state index in [1.165, 1.54) is 0 Å². The number of allylic oxidation sites excluding steroid dienone is 1. The molecule has 0 aromatic carbocycles. The summed E-state index contributed by atoms with van der Waals surface area (Å²) in [6, 6.07) is 0. The summed E-state index contributed by atoms with van der Waals surface area (Å²) in [6.07, 6.45) is 0. The van der Waals surface area contributed by atoms with Gasteiger partial charge >= 0.3 is 0 Å². The van der Waals surface area contributed by atoms with Crippen LogP contribution in [0, 0.1) is 6.92 Å². The quantitative estimate of drug-likeness (QED) is 0.453. The van der Waals surface area contributed by atoms with Crippen molar-refractivity contribution in [1.82, 2.24) is 0 Å². The Kier molecular flexibility index (Phi) is 8.17. The largest absolute Gasteiger partial charge is 0.242 e. The molecule has 0 aliphatic rings. The third kappa shape index (κ3) is 115. The first-order valence-corrected chi connectivity index (χ1v) is 1.21. The van der Waals surface area contributed by atoms with Crippen LogP contribution in [0.1, 0.15) is 6.92 Å². The van der Waals surface area contributed by atoms with Crippen LogP contribution in [-0.2, 0) is 26.2 Å². The Morgan fingerprint density at radius 2 is 1.80 bits per heavy atom. The van der Waals surface area contributed by atoms with Gasteiger partial charge < -0.3 is 0 Å². The van der Waals surface area contributed by atoms with Crippen molar-refractivity contribution in [3.05, 3.63) is 19.1 Å². The van der Waals surface area contributed by atoms with Crippen LogP contribution in [0.2, 0.25) is 0 Å². The van der Waals surface area contributed by atoms with E-state index in [9.17, 15) is 0 Å². The first kappa shape index (κ1) is 9.09. The fraction of sp³-hybridized carbons (Fsp3) is 0.250. The molecule has 0 heterocycles. The average molecular weight is 146 g/mol. The van der Waals surface area contributed by atoms with E-state index in [4.69, 9.17) is 0 Å². The zero-order chi connectivity index (χ0) is 3.58. The van der Waals surface area contributed by atoms with Gasteiger partial charge in [0.1, 0.15) is 0 Å². The summed E-state index contributed by atoms with van der Waals surface area (Å²) < 4.78 is 0. The van der Waals surface area contributed by atoms with E-state index < -0.39 is 0 Å². The van der Waals surface area contributed by atoms with Crippen molar-refractivity contribution in [2.45, 2.75) is 6.92 Å². The van der Waals surface area contributed by atoms with Crippen LogP contribution in [0.3, 0.4) is 0 Å². The monoisotopic (exact) mass is 145 g/mol. The van der Waals surface area contributed by atoms with Gasteiger partial charge in [0.2, 0.25) is 0 Å². The Balaban J connectivity index is 0. The molecule has 0 unspecified atom stereocenters. The fourth-order valence-corrected chi connectivity index (χ4v) is 0. The second-order valence-corrected chi connectivity index (χ2v) is 0.957. The van der Waals surface area contributed by atoms with E-state index in [2.05, 4.69) is 13.5 Å². The van der Waals surface area contributed by atoms with Gasteiger partial charge in [0.25, 0.3) is 0 Å². The minimum atomic E-state index is 0. The standard InChI is InChI=1S/C4H7.Zr/c1-4(2)3;/h1-2H2,3H3;/q-1;. The molecule has 28 valence electrons. The molecule has 0 fully saturated rings. The molecule has 5 heavy (non-hydrogen) atoms. The Morgan fingerprint density at radius 1 is 1.80 bits per heavy atom. The van der Waals surface area contributed by atoms with Gasteiger partial charge in [0.05, 0.1) is 0 Å². The molecule has 0 aromatic heterocycles. The minimum absolute atomic E-state index is 0. The molecule has 0 aliphatic heterocycles. The maximum Gasteiger partial charge on any atom is 0 e. The topological polar surface area (TPSA) is 0 Å². The van der Waals surface area contributed by atoms with Crippen molar-refractivity contribution in [2.24, 2.45) is 0 Å². The molecule has 0 nitrogen and oxygen atoms in total. The summed E-state index contributed by atoms with van der Waals surface area (Å²) >= 11 is 0. The first-order valence-electron chi connectivity index (χ1n) is 1.21. The Hall–Kier alpha value is 0.493. The van der Waals surface area contributed by atoms with Crippen molar-refractivity contribution in [2.75, 3.05) is 0 Å². The van der Waals surface area contributed by atoms with Crippen molar-refractivity contribution >= 4 is 0 Å². The Morgan fingerprint density at radius 3 is 1.80 bits per heavy atom. The van der Waals surface area contributed by atoms with Crippen LogP contribution in [0.4, 0.5) is 0 Å². The molecule has 0 amide bonds. The SMILES string of the molecule is C=C([CH2-])C.[Zr].